The molecule has 0 spiro atoms. The molecule has 0 bridgehead atoms. The smallest absolute Gasteiger partial charge is 0.243 e. The zero-order chi connectivity index (χ0) is 15.0. The third-order valence-corrected chi connectivity index (χ3v) is 6.09. The van der Waals surface area contributed by atoms with Gasteiger partial charge in [-0.3, -0.25) is 0 Å². The van der Waals surface area contributed by atoms with Crippen LogP contribution in [0.4, 0.5) is 0 Å². The van der Waals surface area contributed by atoms with Crippen LogP contribution in [0.2, 0.25) is 5.15 Å². The van der Waals surface area contributed by atoms with Gasteiger partial charge in [0.2, 0.25) is 10.0 Å². The third kappa shape index (κ3) is 3.27. The fourth-order valence-corrected chi connectivity index (χ4v) is 3.98. The van der Waals surface area contributed by atoms with E-state index in [0.29, 0.717) is 0 Å². The molecular weight excluding hydrogens is 328 g/mol. The first-order chi connectivity index (χ1) is 9.21. The van der Waals surface area contributed by atoms with Crippen molar-refractivity contribution in [2.75, 3.05) is 26.2 Å². The van der Waals surface area contributed by atoms with Crippen molar-refractivity contribution in [3.63, 3.8) is 0 Å². The van der Waals surface area contributed by atoms with Gasteiger partial charge < -0.3 is 0 Å². The van der Waals surface area contributed by atoms with Gasteiger partial charge in [0.1, 0.15) is 10.0 Å². The molecule has 1 aromatic rings. The molecule has 0 amide bonds. The lowest BCUT2D eigenvalue weighted by Gasteiger charge is -2.32. The number of sulfonamides is 1. The van der Waals surface area contributed by atoms with Crippen molar-refractivity contribution in [3.05, 3.63) is 23.5 Å². The predicted molar refractivity (Wildman–Crippen MR) is 72.7 cm³/mol. The third-order valence-electron chi connectivity index (χ3n) is 2.90. The van der Waals surface area contributed by atoms with E-state index in [1.807, 2.05) is 0 Å². The number of rotatable bonds is 3. The Morgan fingerprint density at radius 2 is 1.60 bits per heavy atom. The molecule has 0 atom stereocenters. The van der Waals surface area contributed by atoms with Gasteiger partial charge in [0.15, 0.2) is 0 Å². The van der Waals surface area contributed by atoms with Gasteiger partial charge in [-0.05, 0) is 12.1 Å². The Morgan fingerprint density at radius 3 is 2.05 bits per heavy atom. The lowest BCUT2D eigenvalue weighted by atomic mass is 10.4. The fraction of sp³-hybridized carbons (Fsp3) is 0.444. The Bertz CT molecular complexity index is 681. The van der Waals surface area contributed by atoms with Crippen molar-refractivity contribution >= 4 is 31.8 Å². The number of piperazine rings is 1. The van der Waals surface area contributed by atoms with E-state index in [1.54, 1.807) is 0 Å². The van der Waals surface area contributed by atoms with Crippen LogP contribution in [-0.2, 0) is 20.2 Å². The molecule has 1 fully saturated rings. The zero-order valence-electron chi connectivity index (χ0n) is 10.3. The number of halogens is 1. The van der Waals surface area contributed by atoms with Crippen molar-refractivity contribution in [2.45, 2.75) is 4.90 Å². The van der Waals surface area contributed by atoms with Gasteiger partial charge in [0.25, 0.3) is 10.2 Å². The van der Waals surface area contributed by atoms with Crippen LogP contribution in [0.25, 0.3) is 0 Å². The molecule has 20 heavy (non-hydrogen) atoms. The van der Waals surface area contributed by atoms with Gasteiger partial charge in [-0.2, -0.15) is 17.0 Å². The minimum absolute atomic E-state index is 0.0194. The second-order valence-corrected chi connectivity index (χ2v) is 8.04. The Kier molecular flexibility index (Phi) is 4.33. The second kappa shape index (κ2) is 5.54. The molecule has 2 rings (SSSR count). The molecule has 1 aliphatic rings. The van der Waals surface area contributed by atoms with Crippen LogP contribution in [-0.4, -0.2) is 56.6 Å². The van der Waals surface area contributed by atoms with Crippen molar-refractivity contribution in [3.8, 4) is 0 Å². The fourth-order valence-electron chi connectivity index (χ4n) is 1.83. The van der Waals surface area contributed by atoms with Crippen LogP contribution in [0.15, 0.2) is 23.2 Å². The summed E-state index contributed by atoms with van der Waals surface area (Å²) in [6.45, 7) is 0.140. The summed E-state index contributed by atoms with van der Waals surface area (Å²) in [5.41, 5.74) is 0. The van der Waals surface area contributed by atoms with Crippen molar-refractivity contribution in [1.82, 2.24) is 13.6 Å². The molecule has 2 heterocycles. The van der Waals surface area contributed by atoms with Gasteiger partial charge in [-0.25, -0.2) is 18.5 Å². The molecule has 2 N–H and O–H groups in total. The summed E-state index contributed by atoms with van der Waals surface area (Å²) >= 11 is 5.61. The molecule has 0 unspecified atom stereocenters. The van der Waals surface area contributed by atoms with E-state index < -0.39 is 20.2 Å². The molecule has 0 aromatic carbocycles. The van der Waals surface area contributed by atoms with E-state index in [4.69, 9.17) is 16.7 Å². The molecule has 1 aromatic heterocycles. The number of hydrogen-bond donors (Lipinski definition) is 1. The standard InChI is InChI=1S/C9H13ClN4O4S2/c10-9-2-1-8(7-12-9)19(15,16)13-3-5-14(6-4-13)20(11,17)18/h1-2,7H,3-6H2,(H2,11,17,18). The number of pyridine rings is 1. The molecule has 0 radical (unpaired) electrons. The average Bonchev–Trinajstić information content (AvgIpc) is 2.38. The summed E-state index contributed by atoms with van der Waals surface area (Å²) in [6.07, 6.45) is 1.17. The summed E-state index contributed by atoms with van der Waals surface area (Å²) < 4.78 is 49.2. The number of nitrogens with two attached hydrogens (primary N) is 1. The van der Waals surface area contributed by atoms with Crippen molar-refractivity contribution in [1.29, 1.82) is 0 Å². The maximum atomic E-state index is 12.3. The van der Waals surface area contributed by atoms with E-state index in [1.165, 1.54) is 22.6 Å². The lowest BCUT2D eigenvalue weighted by Crippen LogP contribution is -2.52. The van der Waals surface area contributed by atoms with Gasteiger partial charge in [-0.1, -0.05) is 11.6 Å². The highest BCUT2D eigenvalue weighted by molar-refractivity contribution is 7.89. The first-order valence-electron chi connectivity index (χ1n) is 5.61. The van der Waals surface area contributed by atoms with Gasteiger partial charge in [-0.15, -0.1) is 0 Å². The van der Waals surface area contributed by atoms with Crippen molar-refractivity contribution < 1.29 is 16.8 Å². The summed E-state index contributed by atoms with van der Waals surface area (Å²) in [5.74, 6) is 0. The Morgan fingerprint density at radius 1 is 1.05 bits per heavy atom. The second-order valence-electron chi connectivity index (χ2n) is 4.16. The van der Waals surface area contributed by atoms with Crippen LogP contribution in [0.1, 0.15) is 0 Å². The molecule has 1 saturated heterocycles. The highest BCUT2D eigenvalue weighted by Gasteiger charge is 2.31. The quantitative estimate of drug-likeness (QED) is 0.727. The number of hydrogen-bond acceptors (Lipinski definition) is 5. The first kappa shape index (κ1) is 15.6. The first-order valence-corrected chi connectivity index (χ1v) is 8.93. The molecule has 1 aliphatic heterocycles. The molecule has 0 aliphatic carbocycles. The normalized spacial score (nSPS) is 19.1. The Hall–Kier alpha value is -0.780. The highest BCUT2D eigenvalue weighted by atomic mass is 35.5. The van der Waals surface area contributed by atoms with Crippen molar-refractivity contribution in [2.24, 2.45) is 5.14 Å². The van der Waals surface area contributed by atoms with Crippen LogP contribution < -0.4 is 5.14 Å². The van der Waals surface area contributed by atoms with E-state index in [0.717, 1.165) is 4.31 Å². The van der Waals surface area contributed by atoms with Crippen LogP contribution in [0.5, 0.6) is 0 Å². The SMILES string of the molecule is NS(=O)(=O)N1CCN(S(=O)(=O)c2ccc(Cl)nc2)CC1. The Balaban J connectivity index is 2.15. The number of nitrogens with zero attached hydrogens (tertiary/aromatic N) is 3. The summed E-state index contributed by atoms with van der Waals surface area (Å²) in [5, 5.41) is 5.20. The van der Waals surface area contributed by atoms with Gasteiger partial charge in [0, 0.05) is 32.4 Å². The zero-order valence-corrected chi connectivity index (χ0v) is 12.7. The molecule has 8 nitrogen and oxygen atoms in total. The lowest BCUT2D eigenvalue weighted by molar-refractivity contribution is 0.273. The summed E-state index contributed by atoms with van der Waals surface area (Å²) in [7, 11) is -7.48. The number of aromatic nitrogens is 1. The largest absolute Gasteiger partial charge is 0.276 e. The summed E-state index contributed by atoms with van der Waals surface area (Å²) in [4.78, 5) is 3.75. The van der Waals surface area contributed by atoms with Crippen LogP contribution in [0, 0.1) is 0 Å². The van der Waals surface area contributed by atoms with E-state index in [9.17, 15) is 16.8 Å². The van der Waals surface area contributed by atoms with E-state index in [-0.39, 0.29) is 36.2 Å². The van der Waals surface area contributed by atoms with E-state index >= 15 is 0 Å². The Labute approximate surface area is 122 Å². The maximum absolute atomic E-state index is 12.3. The highest BCUT2D eigenvalue weighted by Crippen LogP contribution is 2.18. The molecular formula is C9H13ClN4O4S2. The molecule has 0 saturated carbocycles. The molecule has 11 heteroatoms. The van der Waals surface area contributed by atoms with Crippen LogP contribution >= 0.6 is 11.6 Å². The minimum atomic E-state index is -3.78. The maximum Gasteiger partial charge on any atom is 0.276 e. The average molecular weight is 341 g/mol. The molecule has 112 valence electrons. The van der Waals surface area contributed by atoms with Gasteiger partial charge >= 0.3 is 0 Å². The van der Waals surface area contributed by atoms with Crippen LogP contribution in [0.3, 0.4) is 0 Å². The monoisotopic (exact) mass is 340 g/mol. The van der Waals surface area contributed by atoms with Gasteiger partial charge in [0.05, 0.1) is 0 Å². The predicted octanol–water partition coefficient (Wildman–Crippen LogP) is -0.755. The minimum Gasteiger partial charge on any atom is -0.243 e. The topological polar surface area (TPSA) is 114 Å². The van der Waals surface area contributed by atoms with E-state index in [2.05, 4.69) is 4.98 Å². The summed E-state index contributed by atoms with van der Waals surface area (Å²) in [6, 6.07) is 2.74.